The first-order valence-electron chi connectivity index (χ1n) is 3.92. The fraction of sp³-hybridized carbons (Fsp3) is 0.111. The second kappa shape index (κ2) is 5.67. The van der Waals surface area contributed by atoms with Crippen LogP contribution in [-0.4, -0.2) is 42.5 Å². The number of rotatable bonds is 3. The van der Waals surface area contributed by atoms with Crippen molar-refractivity contribution in [2.75, 3.05) is 5.73 Å². The maximum atomic E-state index is 10.9. The van der Waals surface area contributed by atoms with E-state index < -0.39 is 10.1 Å². The molecule has 0 amide bonds. The molecule has 0 bridgehead atoms. The van der Waals surface area contributed by atoms with E-state index in [9.17, 15) is 8.42 Å². The number of allylic oxidation sites excluding steroid dienone is 1. The summed E-state index contributed by atoms with van der Waals surface area (Å²) in [6, 6.07) is 4.21. The summed E-state index contributed by atoms with van der Waals surface area (Å²) in [6.07, 6.45) is 1.89. The summed E-state index contributed by atoms with van der Waals surface area (Å²) in [6.45, 7) is 3.49. The number of hydrogen-bond donors (Lipinski definition) is 2. The SMILES string of the molecule is C=CCc1cc(N)ccc1S(=O)(=O)O.[Na]. The van der Waals surface area contributed by atoms with Gasteiger partial charge in [0.25, 0.3) is 10.1 Å². The Hall–Kier alpha value is -0.330. The molecule has 0 aliphatic heterocycles. The zero-order valence-electron chi connectivity index (χ0n) is 8.47. The van der Waals surface area contributed by atoms with E-state index in [4.69, 9.17) is 10.3 Å². The number of nitrogens with two attached hydrogens (primary N) is 1. The van der Waals surface area contributed by atoms with Gasteiger partial charge in [-0.3, -0.25) is 4.55 Å². The van der Waals surface area contributed by atoms with E-state index in [1.807, 2.05) is 0 Å². The Labute approximate surface area is 111 Å². The van der Waals surface area contributed by atoms with Gasteiger partial charge in [-0.1, -0.05) is 6.08 Å². The van der Waals surface area contributed by atoms with E-state index in [1.165, 1.54) is 18.2 Å². The molecule has 0 aliphatic rings. The van der Waals surface area contributed by atoms with Gasteiger partial charge >= 0.3 is 0 Å². The first-order valence-corrected chi connectivity index (χ1v) is 5.36. The van der Waals surface area contributed by atoms with Crippen LogP contribution in [0.4, 0.5) is 5.69 Å². The fourth-order valence-corrected chi connectivity index (χ4v) is 1.88. The molecule has 0 aliphatic carbocycles. The van der Waals surface area contributed by atoms with Gasteiger partial charge in [-0.25, -0.2) is 0 Å². The summed E-state index contributed by atoms with van der Waals surface area (Å²) in [5.41, 5.74) is 6.39. The second-order valence-electron chi connectivity index (χ2n) is 2.84. The zero-order chi connectivity index (χ0) is 10.8. The summed E-state index contributed by atoms with van der Waals surface area (Å²) in [5.74, 6) is 0. The Bertz CT molecular complexity index is 456. The van der Waals surface area contributed by atoms with Crippen molar-refractivity contribution in [3.63, 3.8) is 0 Å². The predicted octanol–water partition coefficient (Wildman–Crippen LogP) is 0.863. The van der Waals surface area contributed by atoms with Crippen molar-refractivity contribution in [3.8, 4) is 0 Å². The zero-order valence-corrected chi connectivity index (χ0v) is 11.3. The van der Waals surface area contributed by atoms with E-state index in [0.29, 0.717) is 17.7 Å². The van der Waals surface area contributed by atoms with Crippen molar-refractivity contribution in [1.29, 1.82) is 0 Å². The second-order valence-corrected chi connectivity index (χ2v) is 4.22. The summed E-state index contributed by atoms with van der Waals surface area (Å²) in [5, 5.41) is 0. The fourth-order valence-electron chi connectivity index (χ4n) is 1.17. The van der Waals surface area contributed by atoms with Crippen molar-refractivity contribution in [1.82, 2.24) is 0 Å². The van der Waals surface area contributed by atoms with Crippen LogP contribution >= 0.6 is 0 Å². The number of anilines is 1. The molecule has 0 heterocycles. The van der Waals surface area contributed by atoms with Gasteiger partial charge < -0.3 is 5.73 Å². The van der Waals surface area contributed by atoms with Gasteiger partial charge in [-0.15, -0.1) is 6.58 Å². The van der Waals surface area contributed by atoms with Crippen LogP contribution < -0.4 is 5.73 Å². The van der Waals surface area contributed by atoms with Gasteiger partial charge in [0, 0.05) is 35.2 Å². The maximum absolute atomic E-state index is 10.9. The number of benzene rings is 1. The van der Waals surface area contributed by atoms with Crippen molar-refractivity contribution in [2.24, 2.45) is 0 Å². The molecule has 0 saturated carbocycles. The minimum absolute atomic E-state index is 0. The molecule has 15 heavy (non-hydrogen) atoms. The summed E-state index contributed by atoms with van der Waals surface area (Å²) in [7, 11) is -4.18. The maximum Gasteiger partial charge on any atom is 0.294 e. The van der Waals surface area contributed by atoms with Gasteiger partial charge in [0.05, 0.1) is 4.90 Å². The molecule has 4 nitrogen and oxygen atoms in total. The molecule has 3 N–H and O–H groups in total. The quantitative estimate of drug-likeness (QED) is 0.353. The minimum atomic E-state index is -4.18. The molecule has 0 spiro atoms. The standard InChI is InChI=1S/C9H11NO3S.Na/c1-2-3-7-6-8(10)4-5-9(7)14(11,12)13;/h2,4-6H,1,3,10H2,(H,11,12,13);. The van der Waals surface area contributed by atoms with Crippen LogP contribution in [0.1, 0.15) is 5.56 Å². The summed E-state index contributed by atoms with van der Waals surface area (Å²) in [4.78, 5) is -0.119. The van der Waals surface area contributed by atoms with Crippen LogP contribution in [0.2, 0.25) is 0 Å². The van der Waals surface area contributed by atoms with E-state index in [-0.39, 0.29) is 34.5 Å². The van der Waals surface area contributed by atoms with E-state index >= 15 is 0 Å². The topological polar surface area (TPSA) is 80.4 Å². The Balaban J connectivity index is 0.00000196. The molecule has 77 valence electrons. The first-order chi connectivity index (χ1) is 6.45. The van der Waals surface area contributed by atoms with Gasteiger partial charge in [-0.2, -0.15) is 8.42 Å². The molecule has 0 aromatic heterocycles. The van der Waals surface area contributed by atoms with Crippen molar-refractivity contribution in [3.05, 3.63) is 36.4 Å². The smallest absolute Gasteiger partial charge is 0.294 e. The van der Waals surface area contributed by atoms with Crippen LogP contribution in [0.3, 0.4) is 0 Å². The molecule has 1 aromatic rings. The first kappa shape index (κ1) is 14.7. The molecular weight excluding hydrogens is 225 g/mol. The van der Waals surface area contributed by atoms with E-state index in [0.717, 1.165) is 0 Å². The Morgan fingerprint density at radius 3 is 2.53 bits per heavy atom. The van der Waals surface area contributed by atoms with Crippen LogP contribution in [0.15, 0.2) is 35.7 Å². The van der Waals surface area contributed by atoms with Crippen molar-refractivity contribution < 1.29 is 13.0 Å². The summed E-state index contributed by atoms with van der Waals surface area (Å²) < 4.78 is 30.7. The van der Waals surface area contributed by atoms with Gasteiger partial charge in [0.1, 0.15) is 0 Å². The molecule has 1 radical (unpaired) electrons. The number of hydrogen-bond acceptors (Lipinski definition) is 3. The average molecular weight is 236 g/mol. The van der Waals surface area contributed by atoms with Gasteiger partial charge in [-0.05, 0) is 30.2 Å². The average Bonchev–Trinajstić information content (AvgIpc) is 2.02. The largest absolute Gasteiger partial charge is 0.399 e. The number of nitrogen functional groups attached to an aromatic ring is 1. The third-order valence-electron chi connectivity index (χ3n) is 1.73. The predicted molar refractivity (Wildman–Crippen MR) is 60.3 cm³/mol. The van der Waals surface area contributed by atoms with Crippen LogP contribution in [-0.2, 0) is 16.5 Å². The van der Waals surface area contributed by atoms with Gasteiger partial charge in [0.2, 0.25) is 0 Å². The normalized spacial score (nSPS) is 10.5. The third-order valence-corrected chi connectivity index (χ3v) is 2.68. The van der Waals surface area contributed by atoms with Crippen LogP contribution in [0.25, 0.3) is 0 Å². The van der Waals surface area contributed by atoms with Gasteiger partial charge in [0.15, 0.2) is 0 Å². The molecule has 0 saturated heterocycles. The van der Waals surface area contributed by atoms with Crippen molar-refractivity contribution >= 4 is 45.4 Å². The van der Waals surface area contributed by atoms with E-state index in [1.54, 1.807) is 6.08 Å². The monoisotopic (exact) mass is 236 g/mol. The Kier molecular flexibility index (Phi) is 5.55. The van der Waals surface area contributed by atoms with Crippen LogP contribution in [0, 0.1) is 0 Å². The summed E-state index contributed by atoms with van der Waals surface area (Å²) >= 11 is 0. The Morgan fingerprint density at radius 2 is 2.07 bits per heavy atom. The van der Waals surface area contributed by atoms with Crippen LogP contribution in [0.5, 0.6) is 0 Å². The van der Waals surface area contributed by atoms with E-state index in [2.05, 4.69) is 6.58 Å². The molecule has 0 atom stereocenters. The molecule has 6 heteroatoms. The third kappa shape index (κ3) is 3.96. The Morgan fingerprint density at radius 1 is 1.47 bits per heavy atom. The molecular formula is C9H11NNaO3S. The molecule has 0 unspecified atom stereocenters. The molecule has 0 fully saturated rings. The minimum Gasteiger partial charge on any atom is -0.399 e. The molecule has 1 aromatic carbocycles. The molecule has 1 rings (SSSR count). The van der Waals surface area contributed by atoms with Crippen molar-refractivity contribution in [2.45, 2.75) is 11.3 Å².